The van der Waals surface area contributed by atoms with Crippen LogP contribution in [0.2, 0.25) is 0 Å². The number of ether oxygens (including phenoxy) is 3. The van der Waals surface area contributed by atoms with Crippen LogP contribution in [0.5, 0.6) is 17.2 Å². The summed E-state index contributed by atoms with van der Waals surface area (Å²) in [5, 5.41) is 20.1. The van der Waals surface area contributed by atoms with E-state index in [9.17, 15) is 9.90 Å². The van der Waals surface area contributed by atoms with Gasteiger partial charge in [0.05, 0.1) is 12.7 Å². The van der Waals surface area contributed by atoms with E-state index in [1.807, 2.05) is 25.1 Å². The molecule has 33 heavy (non-hydrogen) atoms. The Morgan fingerprint density at radius 3 is 2.70 bits per heavy atom. The highest BCUT2D eigenvalue weighted by Crippen LogP contribution is 2.40. The molecule has 1 unspecified atom stereocenters. The zero-order valence-electron chi connectivity index (χ0n) is 18.2. The number of allylic oxidation sites excluding steroid dienone is 1. The maximum absolute atomic E-state index is 13.5. The number of hydrogen-bond donors (Lipinski definition) is 3. The Balaban J connectivity index is 1.56. The van der Waals surface area contributed by atoms with Gasteiger partial charge >= 0.3 is 0 Å². The van der Waals surface area contributed by atoms with E-state index in [0.29, 0.717) is 53.4 Å². The summed E-state index contributed by atoms with van der Waals surface area (Å²) < 4.78 is 18.2. The first-order chi connectivity index (χ1) is 16.1. The lowest BCUT2D eigenvalue weighted by Gasteiger charge is -2.29. The summed E-state index contributed by atoms with van der Waals surface area (Å²) in [6, 6.07) is 12.0. The SMILES string of the molecule is COc1ccc(NC(=O)C2=C(C)Nc3nc(CO)nn3C2c2ccc3c(c2)OCCO3)cc1. The number of amides is 1. The van der Waals surface area contributed by atoms with E-state index < -0.39 is 6.04 Å². The van der Waals surface area contributed by atoms with Gasteiger partial charge < -0.3 is 30.0 Å². The summed E-state index contributed by atoms with van der Waals surface area (Å²) >= 11 is 0. The van der Waals surface area contributed by atoms with Crippen molar-refractivity contribution in [1.29, 1.82) is 0 Å². The number of aromatic nitrogens is 3. The van der Waals surface area contributed by atoms with E-state index in [2.05, 4.69) is 20.7 Å². The van der Waals surface area contributed by atoms with Gasteiger partial charge in [0, 0.05) is 11.4 Å². The second-order valence-electron chi connectivity index (χ2n) is 7.61. The van der Waals surface area contributed by atoms with Crippen molar-refractivity contribution >= 4 is 17.5 Å². The van der Waals surface area contributed by atoms with Gasteiger partial charge in [-0.3, -0.25) is 4.79 Å². The maximum atomic E-state index is 13.5. The fourth-order valence-corrected chi connectivity index (χ4v) is 3.97. The number of aliphatic hydroxyl groups is 1. The molecule has 0 saturated heterocycles. The van der Waals surface area contributed by atoms with Gasteiger partial charge in [-0.15, -0.1) is 0 Å². The maximum Gasteiger partial charge on any atom is 0.255 e. The van der Waals surface area contributed by atoms with E-state index in [-0.39, 0.29) is 18.3 Å². The highest BCUT2D eigenvalue weighted by molar-refractivity contribution is 6.06. The minimum atomic E-state index is -0.594. The topological polar surface area (TPSA) is 120 Å². The van der Waals surface area contributed by atoms with Crippen molar-refractivity contribution in [3.05, 3.63) is 65.1 Å². The molecule has 2 aliphatic rings. The van der Waals surface area contributed by atoms with Crippen LogP contribution in [0.15, 0.2) is 53.7 Å². The van der Waals surface area contributed by atoms with Crippen LogP contribution in [0.4, 0.5) is 11.6 Å². The zero-order chi connectivity index (χ0) is 22.9. The van der Waals surface area contributed by atoms with Gasteiger partial charge in [0.15, 0.2) is 17.3 Å². The van der Waals surface area contributed by atoms with Crippen molar-refractivity contribution < 1.29 is 24.1 Å². The standard InChI is InChI=1S/C23H23N5O5/c1-13-20(22(30)25-15-4-6-16(31-2)7-5-15)21(28-23(24-13)26-19(12-29)27-28)14-3-8-17-18(11-14)33-10-9-32-17/h3-8,11,21,29H,9-10,12H2,1-2H3,(H,25,30)(H,24,26,27). The Morgan fingerprint density at radius 1 is 1.21 bits per heavy atom. The molecule has 2 aliphatic heterocycles. The molecule has 0 aliphatic carbocycles. The number of fused-ring (bicyclic) bond motifs is 2. The zero-order valence-corrected chi connectivity index (χ0v) is 18.2. The molecule has 0 saturated carbocycles. The number of rotatable bonds is 5. The number of methoxy groups -OCH3 is 1. The quantitative estimate of drug-likeness (QED) is 0.544. The molecule has 1 atom stereocenters. The summed E-state index contributed by atoms with van der Waals surface area (Å²) in [6.45, 7) is 2.43. The monoisotopic (exact) mass is 449 g/mol. The predicted molar refractivity (Wildman–Crippen MR) is 119 cm³/mol. The molecule has 1 amide bonds. The smallest absolute Gasteiger partial charge is 0.255 e. The molecule has 10 nitrogen and oxygen atoms in total. The molecular weight excluding hydrogens is 426 g/mol. The van der Waals surface area contributed by atoms with Crippen molar-refractivity contribution in [2.45, 2.75) is 19.6 Å². The Hall–Kier alpha value is -4.05. The number of hydrogen-bond acceptors (Lipinski definition) is 8. The predicted octanol–water partition coefficient (Wildman–Crippen LogP) is 2.48. The fraction of sp³-hybridized carbons (Fsp3) is 0.261. The van der Waals surface area contributed by atoms with Crippen LogP contribution in [0.3, 0.4) is 0 Å². The highest BCUT2D eigenvalue weighted by Gasteiger charge is 2.35. The van der Waals surface area contributed by atoms with Gasteiger partial charge in [-0.25, -0.2) is 4.68 Å². The third kappa shape index (κ3) is 3.85. The Bertz CT molecular complexity index is 1230. The van der Waals surface area contributed by atoms with Crippen LogP contribution in [-0.4, -0.2) is 46.1 Å². The van der Waals surface area contributed by atoms with Crippen molar-refractivity contribution in [2.24, 2.45) is 0 Å². The Labute approximate surface area is 189 Å². The molecule has 0 fully saturated rings. The molecule has 5 rings (SSSR count). The first kappa shape index (κ1) is 20.8. The van der Waals surface area contributed by atoms with Crippen molar-refractivity contribution in [1.82, 2.24) is 14.8 Å². The minimum absolute atomic E-state index is 0.254. The van der Waals surface area contributed by atoms with E-state index in [4.69, 9.17) is 14.2 Å². The Morgan fingerprint density at radius 2 is 1.97 bits per heavy atom. The Kier molecular flexibility index (Phi) is 5.35. The van der Waals surface area contributed by atoms with Crippen LogP contribution in [0.1, 0.15) is 24.4 Å². The number of nitrogens with zero attached hydrogens (tertiary/aromatic N) is 3. The molecule has 0 bridgehead atoms. The van der Waals surface area contributed by atoms with Crippen LogP contribution < -0.4 is 24.8 Å². The lowest BCUT2D eigenvalue weighted by Crippen LogP contribution is -2.31. The van der Waals surface area contributed by atoms with Gasteiger partial charge in [0.2, 0.25) is 5.95 Å². The van der Waals surface area contributed by atoms with Gasteiger partial charge in [-0.05, 0) is 48.9 Å². The number of benzene rings is 2. The summed E-state index contributed by atoms with van der Waals surface area (Å²) in [6.07, 6.45) is 0. The number of aliphatic hydroxyl groups excluding tert-OH is 1. The number of carbonyl (C=O) groups excluding carboxylic acids is 1. The summed E-state index contributed by atoms with van der Waals surface area (Å²) in [5.41, 5.74) is 2.49. The average Bonchev–Trinajstić information content (AvgIpc) is 3.26. The van der Waals surface area contributed by atoms with Crippen molar-refractivity contribution in [3.8, 4) is 17.2 Å². The molecule has 3 aromatic rings. The molecule has 3 heterocycles. The molecule has 10 heteroatoms. The first-order valence-electron chi connectivity index (χ1n) is 10.5. The van der Waals surface area contributed by atoms with E-state index in [1.165, 1.54) is 0 Å². The van der Waals surface area contributed by atoms with E-state index >= 15 is 0 Å². The van der Waals surface area contributed by atoms with Crippen LogP contribution >= 0.6 is 0 Å². The number of carbonyl (C=O) groups is 1. The number of anilines is 2. The molecule has 170 valence electrons. The van der Waals surface area contributed by atoms with Gasteiger partial charge in [-0.2, -0.15) is 10.1 Å². The molecule has 0 radical (unpaired) electrons. The first-order valence-corrected chi connectivity index (χ1v) is 10.5. The van der Waals surface area contributed by atoms with Crippen molar-refractivity contribution in [3.63, 3.8) is 0 Å². The van der Waals surface area contributed by atoms with Gasteiger partial charge in [0.25, 0.3) is 5.91 Å². The third-order valence-electron chi connectivity index (χ3n) is 5.51. The second-order valence-corrected chi connectivity index (χ2v) is 7.61. The van der Waals surface area contributed by atoms with Crippen LogP contribution in [-0.2, 0) is 11.4 Å². The van der Waals surface area contributed by atoms with Gasteiger partial charge in [-0.1, -0.05) is 6.07 Å². The largest absolute Gasteiger partial charge is 0.497 e. The molecule has 2 aromatic carbocycles. The molecular formula is C23H23N5O5. The third-order valence-corrected chi connectivity index (χ3v) is 5.51. The van der Waals surface area contributed by atoms with Crippen molar-refractivity contribution in [2.75, 3.05) is 31.0 Å². The highest BCUT2D eigenvalue weighted by atomic mass is 16.6. The fourth-order valence-electron chi connectivity index (χ4n) is 3.97. The van der Waals surface area contributed by atoms with E-state index in [1.54, 1.807) is 36.1 Å². The van der Waals surface area contributed by atoms with E-state index in [0.717, 1.165) is 5.56 Å². The summed E-state index contributed by atoms with van der Waals surface area (Å²) in [4.78, 5) is 17.8. The summed E-state index contributed by atoms with van der Waals surface area (Å²) in [5.74, 6) is 2.35. The lowest BCUT2D eigenvalue weighted by atomic mass is 9.94. The minimum Gasteiger partial charge on any atom is -0.497 e. The van der Waals surface area contributed by atoms with Crippen LogP contribution in [0, 0.1) is 0 Å². The number of nitrogens with one attached hydrogen (secondary N) is 2. The van der Waals surface area contributed by atoms with Gasteiger partial charge in [0.1, 0.15) is 31.6 Å². The molecule has 0 spiro atoms. The summed E-state index contributed by atoms with van der Waals surface area (Å²) in [7, 11) is 1.59. The average molecular weight is 449 g/mol. The van der Waals surface area contributed by atoms with Crippen LogP contribution in [0.25, 0.3) is 0 Å². The molecule has 3 N–H and O–H groups in total. The second kappa shape index (κ2) is 8.47. The lowest BCUT2D eigenvalue weighted by molar-refractivity contribution is -0.113. The molecule has 1 aromatic heterocycles. The normalized spacial score (nSPS) is 16.6.